The molecule has 0 saturated heterocycles. The summed E-state index contributed by atoms with van der Waals surface area (Å²) < 4.78 is 5.45. The maximum absolute atomic E-state index is 11.0. The Morgan fingerprint density at radius 1 is 1.60 bits per heavy atom. The monoisotopic (exact) mass is 213 g/mol. The van der Waals surface area contributed by atoms with E-state index >= 15 is 0 Å². The molecule has 1 atom stereocenters. The molecule has 0 radical (unpaired) electrons. The number of hydrogen-bond acceptors (Lipinski definition) is 3. The SMILES string of the molecule is COC1(CNC(C(=O)O)C2CC2)CCC1. The van der Waals surface area contributed by atoms with E-state index < -0.39 is 5.97 Å². The summed E-state index contributed by atoms with van der Waals surface area (Å²) in [6, 6.07) is -0.363. The highest BCUT2D eigenvalue weighted by molar-refractivity contribution is 5.74. The van der Waals surface area contributed by atoms with Crippen molar-refractivity contribution in [2.75, 3.05) is 13.7 Å². The van der Waals surface area contributed by atoms with E-state index in [0.29, 0.717) is 12.5 Å². The quantitative estimate of drug-likeness (QED) is 0.691. The fourth-order valence-corrected chi connectivity index (χ4v) is 2.21. The fraction of sp³-hybridized carbons (Fsp3) is 0.909. The molecule has 0 amide bonds. The average molecular weight is 213 g/mol. The van der Waals surface area contributed by atoms with Crippen molar-refractivity contribution >= 4 is 5.97 Å². The van der Waals surface area contributed by atoms with Crippen LogP contribution in [0.3, 0.4) is 0 Å². The molecule has 15 heavy (non-hydrogen) atoms. The number of methoxy groups -OCH3 is 1. The average Bonchev–Trinajstić information content (AvgIpc) is 2.92. The van der Waals surface area contributed by atoms with E-state index in [1.54, 1.807) is 7.11 Å². The largest absolute Gasteiger partial charge is 0.480 e. The van der Waals surface area contributed by atoms with Gasteiger partial charge in [-0.15, -0.1) is 0 Å². The first-order valence-corrected chi connectivity index (χ1v) is 5.68. The lowest BCUT2D eigenvalue weighted by Crippen LogP contribution is -2.52. The highest BCUT2D eigenvalue weighted by Crippen LogP contribution is 2.36. The number of hydrogen-bond donors (Lipinski definition) is 2. The van der Waals surface area contributed by atoms with Crippen LogP contribution in [0.1, 0.15) is 32.1 Å². The maximum Gasteiger partial charge on any atom is 0.320 e. The van der Waals surface area contributed by atoms with Gasteiger partial charge in [0.25, 0.3) is 0 Å². The molecule has 2 N–H and O–H groups in total. The Labute approximate surface area is 90.0 Å². The van der Waals surface area contributed by atoms with Gasteiger partial charge in [0, 0.05) is 13.7 Å². The van der Waals surface area contributed by atoms with Gasteiger partial charge in [0.05, 0.1) is 5.60 Å². The Kier molecular flexibility index (Phi) is 2.98. The molecule has 0 aromatic carbocycles. The van der Waals surface area contributed by atoms with Crippen LogP contribution >= 0.6 is 0 Å². The number of ether oxygens (including phenoxy) is 1. The molecule has 86 valence electrons. The van der Waals surface area contributed by atoms with Crippen molar-refractivity contribution in [2.24, 2.45) is 5.92 Å². The summed E-state index contributed by atoms with van der Waals surface area (Å²) in [5.74, 6) is -0.375. The molecule has 2 rings (SSSR count). The van der Waals surface area contributed by atoms with Crippen LogP contribution in [-0.2, 0) is 9.53 Å². The molecular weight excluding hydrogens is 194 g/mol. The topological polar surface area (TPSA) is 58.6 Å². The minimum Gasteiger partial charge on any atom is -0.480 e. The van der Waals surface area contributed by atoms with Crippen LogP contribution in [0.25, 0.3) is 0 Å². The number of carbonyl (C=O) groups is 1. The summed E-state index contributed by atoms with van der Waals surface area (Å²) in [4.78, 5) is 11.0. The van der Waals surface area contributed by atoms with E-state index in [0.717, 1.165) is 25.7 Å². The van der Waals surface area contributed by atoms with Gasteiger partial charge in [0.2, 0.25) is 0 Å². The third kappa shape index (κ3) is 2.32. The molecule has 0 aromatic heterocycles. The number of rotatable bonds is 6. The van der Waals surface area contributed by atoms with Gasteiger partial charge in [-0.3, -0.25) is 4.79 Å². The van der Waals surface area contributed by atoms with Gasteiger partial charge in [-0.1, -0.05) is 0 Å². The molecule has 2 saturated carbocycles. The normalized spacial score (nSPS) is 25.7. The van der Waals surface area contributed by atoms with E-state index in [4.69, 9.17) is 9.84 Å². The zero-order chi connectivity index (χ0) is 10.9. The predicted molar refractivity (Wildman–Crippen MR) is 55.7 cm³/mol. The Morgan fingerprint density at radius 3 is 2.60 bits per heavy atom. The van der Waals surface area contributed by atoms with E-state index in [-0.39, 0.29) is 11.6 Å². The lowest BCUT2D eigenvalue weighted by Gasteiger charge is -2.41. The van der Waals surface area contributed by atoms with Crippen LogP contribution in [0.5, 0.6) is 0 Å². The first-order chi connectivity index (χ1) is 7.17. The van der Waals surface area contributed by atoms with Crippen LogP contribution in [0.2, 0.25) is 0 Å². The van der Waals surface area contributed by atoms with E-state index in [1.807, 2.05) is 0 Å². The minimum atomic E-state index is -0.719. The second-order valence-corrected chi connectivity index (χ2v) is 4.77. The molecule has 0 bridgehead atoms. The van der Waals surface area contributed by atoms with Crippen molar-refractivity contribution < 1.29 is 14.6 Å². The Morgan fingerprint density at radius 2 is 2.27 bits per heavy atom. The predicted octanol–water partition coefficient (Wildman–Crippen LogP) is 1.01. The third-order valence-corrected chi connectivity index (χ3v) is 3.70. The summed E-state index contributed by atoms with van der Waals surface area (Å²) in [6.45, 7) is 0.678. The first kappa shape index (κ1) is 10.9. The highest BCUT2D eigenvalue weighted by atomic mass is 16.5. The van der Waals surface area contributed by atoms with Crippen molar-refractivity contribution in [1.82, 2.24) is 5.32 Å². The maximum atomic E-state index is 11.0. The summed E-state index contributed by atoms with van der Waals surface area (Å²) >= 11 is 0. The van der Waals surface area contributed by atoms with E-state index in [1.165, 1.54) is 6.42 Å². The molecule has 2 fully saturated rings. The van der Waals surface area contributed by atoms with Gasteiger partial charge in [0.15, 0.2) is 0 Å². The second kappa shape index (κ2) is 4.10. The number of carboxylic acids is 1. The summed E-state index contributed by atoms with van der Waals surface area (Å²) in [6.07, 6.45) is 5.38. The highest BCUT2D eigenvalue weighted by Gasteiger charge is 2.41. The zero-order valence-electron chi connectivity index (χ0n) is 9.16. The standard InChI is InChI=1S/C11H19NO3/c1-15-11(5-2-6-11)7-12-9(10(13)14)8-3-4-8/h8-9,12H,2-7H2,1H3,(H,13,14). The second-order valence-electron chi connectivity index (χ2n) is 4.77. The van der Waals surface area contributed by atoms with Crippen LogP contribution in [0, 0.1) is 5.92 Å². The Hall–Kier alpha value is -0.610. The summed E-state index contributed by atoms with van der Waals surface area (Å²) in [5, 5.41) is 12.2. The van der Waals surface area contributed by atoms with Crippen LogP contribution < -0.4 is 5.32 Å². The summed E-state index contributed by atoms with van der Waals surface area (Å²) in [7, 11) is 1.72. The molecule has 0 spiro atoms. The number of nitrogens with one attached hydrogen (secondary N) is 1. The lowest BCUT2D eigenvalue weighted by atomic mass is 9.80. The first-order valence-electron chi connectivity index (χ1n) is 5.68. The summed E-state index contributed by atoms with van der Waals surface area (Å²) in [5.41, 5.74) is -0.0808. The molecule has 1 unspecified atom stereocenters. The van der Waals surface area contributed by atoms with Crippen LogP contribution in [-0.4, -0.2) is 36.4 Å². The third-order valence-electron chi connectivity index (χ3n) is 3.70. The molecule has 0 aromatic rings. The van der Waals surface area contributed by atoms with E-state index in [9.17, 15) is 4.79 Å². The minimum absolute atomic E-state index is 0.0808. The van der Waals surface area contributed by atoms with Gasteiger partial charge < -0.3 is 15.2 Å². The van der Waals surface area contributed by atoms with Crippen molar-refractivity contribution in [3.05, 3.63) is 0 Å². The molecule has 0 aliphatic heterocycles. The smallest absolute Gasteiger partial charge is 0.320 e. The molecule has 2 aliphatic rings. The number of carboxylic acid groups (broad SMARTS) is 1. The molecule has 0 heterocycles. The van der Waals surface area contributed by atoms with Crippen molar-refractivity contribution in [3.63, 3.8) is 0 Å². The van der Waals surface area contributed by atoms with Crippen LogP contribution in [0.15, 0.2) is 0 Å². The van der Waals surface area contributed by atoms with E-state index in [2.05, 4.69) is 5.32 Å². The zero-order valence-corrected chi connectivity index (χ0v) is 9.16. The van der Waals surface area contributed by atoms with Gasteiger partial charge >= 0.3 is 5.97 Å². The molecular formula is C11H19NO3. The Bertz CT molecular complexity index is 241. The number of aliphatic carboxylic acids is 1. The van der Waals surface area contributed by atoms with Gasteiger partial charge in [-0.2, -0.15) is 0 Å². The molecule has 2 aliphatic carbocycles. The van der Waals surface area contributed by atoms with Gasteiger partial charge in [-0.05, 0) is 38.0 Å². The molecule has 4 heteroatoms. The lowest BCUT2D eigenvalue weighted by molar-refractivity contribution is -0.141. The van der Waals surface area contributed by atoms with Crippen molar-refractivity contribution in [2.45, 2.75) is 43.7 Å². The van der Waals surface area contributed by atoms with Gasteiger partial charge in [-0.25, -0.2) is 0 Å². The van der Waals surface area contributed by atoms with Crippen LogP contribution in [0.4, 0.5) is 0 Å². The fourth-order valence-electron chi connectivity index (χ4n) is 2.21. The van der Waals surface area contributed by atoms with Crippen molar-refractivity contribution in [1.29, 1.82) is 0 Å². The Balaban J connectivity index is 1.82. The molecule has 4 nitrogen and oxygen atoms in total. The van der Waals surface area contributed by atoms with Gasteiger partial charge in [0.1, 0.15) is 6.04 Å². The van der Waals surface area contributed by atoms with Crippen molar-refractivity contribution in [3.8, 4) is 0 Å².